The molecular formula is C16H23N3O2. The van der Waals surface area contributed by atoms with Crippen LogP contribution in [0.2, 0.25) is 0 Å². The molecule has 4 atom stereocenters. The van der Waals surface area contributed by atoms with Crippen LogP contribution in [0.5, 0.6) is 0 Å². The van der Waals surface area contributed by atoms with Gasteiger partial charge in [-0.05, 0) is 31.0 Å². The normalized spacial score (nSPS) is 34.7. The van der Waals surface area contributed by atoms with E-state index in [1.807, 2.05) is 32.9 Å². The Bertz CT molecular complexity index is 546. The third-order valence-corrected chi connectivity index (χ3v) is 5.38. The number of amides is 1. The molecule has 1 aromatic rings. The van der Waals surface area contributed by atoms with E-state index in [0.29, 0.717) is 6.61 Å². The Morgan fingerprint density at radius 2 is 2.14 bits per heavy atom. The highest BCUT2D eigenvalue weighted by Gasteiger charge is 2.71. The molecule has 2 heterocycles. The molecule has 1 amide bonds. The summed E-state index contributed by atoms with van der Waals surface area (Å²) in [4.78, 5) is 16.8. The van der Waals surface area contributed by atoms with Crippen molar-refractivity contribution < 1.29 is 9.53 Å². The predicted octanol–water partition coefficient (Wildman–Crippen LogP) is 1.40. The molecule has 0 aromatic carbocycles. The summed E-state index contributed by atoms with van der Waals surface area (Å²) >= 11 is 0. The van der Waals surface area contributed by atoms with Crippen LogP contribution in [0.1, 0.15) is 38.8 Å². The lowest BCUT2D eigenvalue weighted by Gasteiger charge is -2.60. The molecule has 0 spiro atoms. The molecule has 2 aliphatic rings. The molecule has 3 N–H and O–H groups in total. The summed E-state index contributed by atoms with van der Waals surface area (Å²) in [7, 11) is 0. The molecular weight excluding hydrogens is 266 g/mol. The third kappa shape index (κ3) is 1.91. The number of hydrogen-bond donors (Lipinski definition) is 2. The molecule has 114 valence electrons. The van der Waals surface area contributed by atoms with Gasteiger partial charge in [-0.1, -0.05) is 13.8 Å². The summed E-state index contributed by atoms with van der Waals surface area (Å²) in [5.74, 6) is 0.0423. The minimum atomic E-state index is -0.852. The van der Waals surface area contributed by atoms with Gasteiger partial charge in [-0.15, -0.1) is 0 Å². The number of aromatic nitrogens is 1. The van der Waals surface area contributed by atoms with Crippen molar-refractivity contribution in [1.82, 2.24) is 10.3 Å². The number of rotatable bonds is 3. The summed E-state index contributed by atoms with van der Waals surface area (Å²) in [6, 6.07) is 3.72. The minimum absolute atomic E-state index is 0.0800. The molecule has 1 saturated heterocycles. The molecule has 2 fully saturated rings. The van der Waals surface area contributed by atoms with Crippen molar-refractivity contribution in [2.75, 3.05) is 6.61 Å². The average molecular weight is 289 g/mol. The first-order chi connectivity index (χ1) is 9.89. The highest BCUT2D eigenvalue weighted by atomic mass is 16.5. The molecule has 0 radical (unpaired) electrons. The highest BCUT2D eigenvalue weighted by molar-refractivity contribution is 5.89. The lowest BCUT2D eigenvalue weighted by Crippen LogP contribution is -2.80. The maximum Gasteiger partial charge on any atom is 0.241 e. The smallest absolute Gasteiger partial charge is 0.241 e. The van der Waals surface area contributed by atoms with Crippen LogP contribution in [-0.2, 0) is 9.53 Å². The topological polar surface area (TPSA) is 77.2 Å². The van der Waals surface area contributed by atoms with Crippen LogP contribution in [0.25, 0.3) is 0 Å². The number of fused-ring (bicyclic) bond motifs is 1. The number of hydrogen-bond acceptors (Lipinski definition) is 4. The van der Waals surface area contributed by atoms with Crippen LogP contribution in [0.15, 0.2) is 24.5 Å². The monoisotopic (exact) mass is 289 g/mol. The zero-order chi connectivity index (χ0) is 15.3. The van der Waals surface area contributed by atoms with Crippen molar-refractivity contribution in [1.29, 1.82) is 0 Å². The molecule has 3 rings (SSSR count). The van der Waals surface area contributed by atoms with Gasteiger partial charge in [0.15, 0.2) is 0 Å². The molecule has 1 aromatic heterocycles. The second-order valence-electron chi connectivity index (χ2n) is 6.75. The van der Waals surface area contributed by atoms with Crippen LogP contribution >= 0.6 is 0 Å². The molecule has 1 aliphatic heterocycles. The van der Waals surface area contributed by atoms with E-state index in [2.05, 4.69) is 10.3 Å². The SMILES string of the molecule is CC(NC(=O)C1(N)C2CCOC2C1(C)C)c1ccncc1. The number of nitrogens with one attached hydrogen (secondary N) is 1. The predicted molar refractivity (Wildman–Crippen MR) is 79.3 cm³/mol. The quantitative estimate of drug-likeness (QED) is 0.882. The van der Waals surface area contributed by atoms with Crippen LogP contribution in [-0.4, -0.2) is 29.1 Å². The number of nitrogens with two attached hydrogens (primary N) is 1. The molecule has 1 saturated carbocycles. The van der Waals surface area contributed by atoms with Crippen molar-refractivity contribution in [2.24, 2.45) is 17.1 Å². The molecule has 0 bridgehead atoms. The number of ether oxygens (including phenoxy) is 1. The summed E-state index contributed by atoms with van der Waals surface area (Å²) in [5, 5.41) is 3.06. The Hall–Kier alpha value is -1.46. The van der Waals surface area contributed by atoms with Gasteiger partial charge in [-0.3, -0.25) is 9.78 Å². The lowest BCUT2D eigenvalue weighted by molar-refractivity contribution is -0.175. The second-order valence-corrected chi connectivity index (χ2v) is 6.75. The summed E-state index contributed by atoms with van der Waals surface area (Å²) in [6.45, 7) is 6.71. The second kappa shape index (κ2) is 4.78. The molecule has 1 aliphatic carbocycles. The standard InChI is InChI=1S/C16H23N3O2/c1-10(11-4-7-18-8-5-11)19-14(20)16(17)12-6-9-21-13(12)15(16,2)3/h4-5,7-8,10,12-13H,6,9,17H2,1-3H3,(H,19,20). The Morgan fingerprint density at radius 1 is 1.48 bits per heavy atom. The fourth-order valence-corrected chi connectivity index (χ4v) is 3.90. The molecule has 4 unspecified atom stereocenters. The van der Waals surface area contributed by atoms with Gasteiger partial charge in [-0.25, -0.2) is 0 Å². The average Bonchev–Trinajstić information content (AvgIpc) is 2.95. The van der Waals surface area contributed by atoms with Crippen molar-refractivity contribution in [3.05, 3.63) is 30.1 Å². The van der Waals surface area contributed by atoms with E-state index in [9.17, 15) is 4.79 Å². The third-order valence-electron chi connectivity index (χ3n) is 5.38. The Kier molecular flexibility index (Phi) is 3.30. The number of pyridine rings is 1. The van der Waals surface area contributed by atoms with Crippen LogP contribution in [0, 0.1) is 11.3 Å². The molecule has 5 heteroatoms. The van der Waals surface area contributed by atoms with E-state index >= 15 is 0 Å². The first-order valence-electron chi connectivity index (χ1n) is 7.50. The van der Waals surface area contributed by atoms with Crippen molar-refractivity contribution >= 4 is 5.91 Å². The van der Waals surface area contributed by atoms with Gasteiger partial charge >= 0.3 is 0 Å². The van der Waals surface area contributed by atoms with E-state index in [0.717, 1.165) is 12.0 Å². The zero-order valence-electron chi connectivity index (χ0n) is 12.8. The van der Waals surface area contributed by atoms with E-state index in [4.69, 9.17) is 10.5 Å². The number of carbonyl (C=O) groups is 1. The van der Waals surface area contributed by atoms with Crippen LogP contribution in [0.3, 0.4) is 0 Å². The Morgan fingerprint density at radius 3 is 2.81 bits per heavy atom. The van der Waals surface area contributed by atoms with Crippen LogP contribution in [0.4, 0.5) is 0 Å². The lowest BCUT2D eigenvalue weighted by atomic mass is 9.48. The highest BCUT2D eigenvalue weighted by Crippen LogP contribution is 2.58. The summed E-state index contributed by atoms with van der Waals surface area (Å²) < 4.78 is 5.73. The molecule has 21 heavy (non-hydrogen) atoms. The van der Waals surface area contributed by atoms with Crippen molar-refractivity contribution in [2.45, 2.75) is 44.9 Å². The van der Waals surface area contributed by atoms with Gasteiger partial charge < -0.3 is 15.8 Å². The number of carbonyl (C=O) groups excluding carboxylic acids is 1. The van der Waals surface area contributed by atoms with Crippen molar-refractivity contribution in [3.63, 3.8) is 0 Å². The van der Waals surface area contributed by atoms with E-state index < -0.39 is 5.54 Å². The fraction of sp³-hybridized carbons (Fsp3) is 0.625. The maximum atomic E-state index is 12.8. The van der Waals surface area contributed by atoms with Gasteiger partial charge in [0, 0.05) is 30.3 Å². The number of nitrogens with zero attached hydrogens (tertiary/aromatic N) is 1. The largest absolute Gasteiger partial charge is 0.377 e. The van der Waals surface area contributed by atoms with Gasteiger partial charge in [0.25, 0.3) is 0 Å². The fourth-order valence-electron chi connectivity index (χ4n) is 3.90. The van der Waals surface area contributed by atoms with E-state index in [1.54, 1.807) is 12.4 Å². The van der Waals surface area contributed by atoms with E-state index in [1.165, 1.54) is 0 Å². The molecule has 5 nitrogen and oxygen atoms in total. The van der Waals surface area contributed by atoms with E-state index in [-0.39, 0.29) is 29.4 Å². The minimum Gasteiger partial charge on any atom is -0.377 e. The van der Waals surface area contributed by atoms with Gasteiger partial charge in [0.1, 0.15) is 5.54 Å². The first kappa shape index (κ1) is 14.5. The summed E-state index contributed by atoms with van der Waals surface area (Å²) in [5.41, 5.74) is 6.37. The summed E-state index contributed by atoms with van der Waals surface area (Å²) in [6.07, 6.45) is 4.42. The van der Waals surface area contributed by atoms with Gasteiger partial charge in [-0.2, -0.15) is 0 Å². The van der Waals surface area contributed by atoms with Crippen molar-refractivity contribution in [3.8, 4) is 0 Å². The van der Waals surface area contributed by atoms with Crippen LogP contribution < -0.4 is 11.1 Å². The van der Waals surface area contributed by atoms with Gasteiger partial charge in [0.05, 0.1) is 12.1 Å². The zero-order valence-corrected chi connectivity index (χ0v) is 12.8. The Labute approximate surface area is 125 Å². The maximum absolute atomic E-state index is 12.8. The first-order valence-corrected chi connectivity index (χ1v) is 7.50. The Balaban J connectivity index is 1.76. The van der Waals surface area contributed by atoms with Gasteiger partial charge in [0.2, 0.25) is 5.91 Å².